The molecule has 6 nitrogen and oxygen atoms in total. The van der Waals surface area contributed by atoms with Gasteiger partial charge < -0.3 is 5.43 Å². The van der Waals surface area contributed by atoms with E-state index in [0.717, 1.165) is 17.0 Å². The summed E-state index contributed by atoms with van der Waals surface area (Å²) in [5.74, 6) is 6.55. The highest BCUT2D eigenvalue weighted by Crippen LogP contribution is 2.24. The largest absolute Gasteiger partial charge is 0.308 e. The van der Waals surface area contributed by atoms with Gasteiger partial charge in [-0.3, -0.25) is 0 Å². The Labute approximate surface area is 105 Å². The smallest absolute Gasteiger partial charge is 0.148 e. The van der Waals surface area contributed by atoms with Gasteiger partial charge in [-0.15, -0.1) is 11.8 Å². The highest BCUT2D eigenvalue weighted by molar-refractivity contribution is 8.00. The molecule has 0 aliphatic rings. The predicted molar refractivity (Wildman–Crippen MR) is 69.7 cm³/mol. The Morgan fingerprint density at radius 2 is 2.18 bits per heavy atom. The van der Waals surface area contributed by atoms with Crippen LogP contribution in [0.2, 0.25) is 0 Å². The van der Waals surface area contributed by atoms with E-state index in [1.165, 1.54) is 24.3 Å². The van der Waals surface area contributed by atoms with Crippen LogP contribution in [-0.2, 0) is 16.3 Å². The van der Waals surface area contributed by atoms with Crippen LogP contribution in [-0.4, -0.2) is 36.1 Å². The molecule has 0 amide bonds. The average molecular weight is 276 g/mol. The molecule has 1 rings (SSSR count). The minimum Gasteiger partial charge on any atom is -0.308 e. The van der Waals surface area contributed by atoms with Gasteiger partial charge in [0.2, 0.25) is 0 Å². The molecule has 0 spiro atoms. The summed E-state index contributed by atoms with van der Waals surface area (Å²) in [6, 6.07) is 0. The van der Waals surface area contributed by atoms with Gasteiger partial charge in [0.25, 0.3) is 0 Å². The topological polar surface area (TPSA) is 98.0 Å². The Kier molecular flexibility index (Phi) is 5.16. The third-order valence-electron chi connectivity index (χ3n) is 2.09. The van der Waals surface area contributed by atoms with E-state index in [4.69, 9.17) is 5.84 Å². The molecule has 1 aromatic heterocycles. The van der Waals surface area contributed by atoms with E-state index in [-0.39, 0.29) is 5.75 Å². The van der Waals surface area contributed by atoms with Gasteiger partial charge in [-0.25, -0.2) is 24.2 Å². The van der Waals surface area contributed by atoms with E-state index in [9.17, 15) is 8.42 Å². The minimum atomic E-state index is -2.93. The monoisotopic (exact) mass is 276 g/mol. The van der Waals surface area contributed by atoms with Gasteiger partial charge in [-0.05, 0) is 6.42 Å². The Bertz CT molecular complexity index is 476. The van der Waals surface area contributed by atoms with Crippen LogP contribution in [0.25, 0.3) is 0 Å². The van der Waals surface area contributed by atoms with Crippen LogP contribution in [0.4, 0.5) is 5.82 Å². The molecular formula is C9H16N4O2S2. The van der Waals surface area contributed by atoms with E-state index in [1.54, 1.807) is 0 Å². The molecule has 0 saturated heterocycles. The molecule has 0 bridgehead atoms. The zero-order chi connectivity index (χ0) is 12.9. The number of hydrazine groups is 1. The first-order valence-electron chi connectivity index (χ1n) is 5.09. The first-order chi connectivity index (χ1) is 7.98. The lowest BCUT2D eigenvalue weighted by Gasteiger charge is -2.09. The molecule has 0 fully saturated rings. The molecule has 17 heavy (non-hydrogen) atoms. The van der Waals surface area contributed by atoms with Gasteiger partial charge >= 0.3 is 0 Å². The number of nitrogen functional groups attached to an aromatic ring is 1. The SMILES string of the molecule is CCc1c(NN)ncnc1SCCS(C)(=O)=O. The number of nitrogens with zero attached hydrogens (tertiary/aromatic N) is 2. The number of thioether (sulfide) groups is 1. The van der Waals surface area contributed by atoms with Crippen molar-refractivity contribution in [1.82, 2.24) is 9.97 Å². The van der Waals surface area contributed by atoms with Crippen molar-refractivity contribution in [2.24, 2.45) is 5.84 Å². The van der Waals surface area contributed by atoms with Crippen LogP contribution in [0.5, 0.6) is 0 Å². The lowest BCUT2D eigenvalue weighted by Crippen LogP contribution is -2.12. The maximum Gasteiger partial charge on any atom is 0.148 e. The summed E-state index contributed by atoms with van der Waals surface area (Å²) >= 11 is 1.40. The number of nitrogens with two attached hydrogens (primary N) is 1. The lowest BCUT2D eigenvalue weighted by atomic mass is 10.2. The fourth-order valence-corrected chi connectivity index (χ4v) is 3.53. The Hall–Kier alpha value is -0.860. The van der Waals surface area contributed by atoms with Gasteiger partial charge in [0.05, 0.1) is 5.75 Å². The van der Waals surface area contributed by atoms with Crippen molar-refractivity contribution in [3.8, 4) is 0 Å². The fraction of sp³-hybridized carbons (Fsp3) is 0.556. The summed E-state index contributed by atoms with van der Waals surface area (Å²) in [6.07, 6.45) is 3.37. The predicted octanol–water partition coefficient (Wildman–Crippen LogP) is 0.461. The van der Waals surface area contributed by atoms with E-state index in [0.29, 0.717) is 11.6 Å². The van der Waals surface area contributed by atoms with Crippen molar-refractivity contribution in [3.05, 3.63) is 11.9 Å². The van der Waals surface area contributed by atoms with Crippen LogP contribution < -0.4 is 11.3 Å². The Morgan fingerprint density at radius 3 is 2.71 bits per heavy atom. The van der Waals surface area contributed by atoms with Crippen molar-refractivity contribution in [2.45, 2.75) is 18.4 Å². The molecule has 0 saturated carbocycles. The van der Waals surface area contributed by atoms with Crippen molar-refractivity contribution < 1.29 is 8.42 Å². The molecule has 0 atom stereocenters. The van der Waals surface area contributed by atoms with Gasteiger partial charge in [0.1, 0.15) is 27.0 Å². The first-order valence-corrected chi connectivity index (χ1v) is 8.13. The van der Waals surface area contributed by atoms with E-state index in [2.05, 4.69) is 15.4 Å². The molecule has 1 aromatic rings. The van der Waals surface area contributed by atoms with E-state index in [1.807, 2.05) is 6.92 Å². The van der Waals surface area contributed by atoms with Gasteiger partial charge in [-0.2, -0.15) is 0 Å². The highest BCUT2D eigenvalue weighted by atomic mass is 32.2. The summed E-state index contributed by atoms with van der Waals surface area (Å²) in [5.41, 5.74) is 3.42. The van der Waals surface area contributed by atoms with Gasteiger partial charge in [0.15, 0.2) is 0 Å². The standard InChI is InChI=1S/C9H16N4O2S2/c1-3-7-8(13-10)11-6-12-9(7)16-4-5-17(2,14)15/h6H,3-5,10H2,1-2H3,(H,11,12,13). The molecule has 0 aromatic carbocycles. The Balaban J connectivity index is 2.77. The summed E-state index contributed by atoms with van der Waals surface area (Å²) in [5, 5.41) is 0.777. The average Bonchev–Trinajstić information content (AvgIpc) is 2.27. The van der Waals surface area contributed by atoms with Crippen LogP contribution in [0.15, 0.2) is 11.4 Å². The molecule has 0 unspecified atom stereocenters. The molecule has 0 aliphatic carbocycles. The maximum absolute atomic E-state index is 11.0. The molecule has 3 N–H and O–H groups in total. The van der Waals surface area contributed by atoms with Crippen molar-refractivity contribution in [1.29, 1.82) is 0 Å². The number of hydrogen-bond acceptors (Lipinski definition) is 7. The van der Waals surface area contributed by atoms with Crippen molar-refractivity contribution >= 4 is 27.4 Å². The van der Waals surface area contributed by atoms with Crippen LogP contribution in [0.3, 0.4) is 0 Å². The van der Waals surface area contributed by atoms with Crippen LogP contribution >= 0.6 is 11.8 Å². The molecule has 0 aliphatic heterocycles. The van der Waals surface area contributed by atoms with Crippen molar-refractivity contribution in [2.75, 3.05) is 23.2 Å². The number of nitrogens with one attached hydrogen (secondary N) is 1. The third kappa shape index (κ3) is 4.49. The number of rotatable bonds is 6. The minimum absolute atomic E-state index is 0.135. The Morgan fingerprint density at radius 1 is 1.47 bits per heavy atom. The summed E-state index contributed by atoms with van der Waals surface area (Å²) < 4.78 is 22.0. The van der Waals surface area contributed by atoms with Crippen LogP contribution in [0.1, 0.15) is 12.5 Å². The second-order valence-electron chi connectivity index (χ2n) is 3.48. The lowest BCUT2D eigenvalue weighted by molar-refractivity contribution is 0.603. The zero-order valence-electron chi connectivity index (χ0n) is 9.80. The van der Waals surface area contributed by atoms with E-state index < -0.39 is 9.84 Å². The van der Waals surface area contributed by atoms with Gasteiger partial charge in [0, 0.05) is 17.6 Å². The molecule has 0 radical (unpaired) electrons. The summed E-state index contributed by atoms with van der Waals surface area (Å²) in [7, 11) is -2.93. The first kappa shape index (κ1) is 14.2. The normalized spacial score (nSPS) is 11.5. The maximum atomic E-state index is 11.0. The third-order valence-corrected chi connectivity index (χ3v) is 4.33. The molecule has 8 heteroatoms. The number of sulfone groups is 1. The summed E-state index contributed by atoms with van der Waals surface area (Å²) in [4.78, 5) is 8.15. The van der Waals surface area contributed by atoms with Crippen LogP contribution in [0, 0.1) is 0 Å². The fourth-order valence-electron chi connectivity index (χ4n) is 1.25. The second kappa shape index (κ2) is 6.18. The molecular weight excluding hydrogens is 260 g/mol. The molecule has 96 valence electrons. The quantitative estimate of drug-likeness (QED) is 0.337. The highest BCUT2D eigenvalue weighted by Gasteiger charge is 2.10. The zero-order valence-corrected chi connectivity index (χ0v) is 11.4. The number of anilines is 1. The van der Waals surface area contributed by atoms with Crippen molar-refractivity contribution in [3.63, 3.8) is 0 Å². The summed E-state index contributed by atoms with van der Waals surface area (Å²) in [6.45, 7) is 1.97. The number of hydrogen-bond donors (Lipinski definition) is 2. The van der Waals surface area contributed by atoms with Gasteiger partial charge in [-0.1, -0.05) is 6.92 Å². The van der Waals surface area contributed by atoms with E-state index >= 15 is 0 Å². The number of aromatic nitrogens is 2. The molecule has 1 heterocycles. The second-order valence-corrected chi connectivity index (χ2v) is 6.83.